The summed E-state index contributed by atoms with van der Waals surface area (Å²) in [5.41, 5.74) is 1.22. The first-order valence-electron chi connectivity index (χ1n) is 11.9. The molecule has 1 aliphatic heterocycles. The number of ether oxygens (including phenoxy) is 3. The fraction of sp³-hybridized carbons (Fsp3) is 0.462. The molecule has 0 bridgehead atoms. The van der Waals surface area contributed by atoms with Crippen LogP contribution in [-0.2, 0) is 19.6 Å². The molecule has 0 unspecified atom stereocenters. The maximum Gasteiger partial charge on any atom is 0.338 e. The molecule has 1 amide bonds. The molecule has 1 saturated heterocycles. The highest BCUT2D eigenvalue weighted by molar-refractivity contribution is 7.89. The first kappa shape index (κ1) is 27.5. The second-order valence-corrected chi connectivity index (χ2v) is 11.0. The quantitative estimate of drug-likeness (QED) is 0.445. The van der Waals surface area contributed by atoms with Gasteiger partial charge < -0.3 is 19.1 Å². The van der Waals surface area contributed by atoms with Crippen LogP contribution >= 0.6 is 0 Å². The molecule has 3 rings (SSSR count). The molecule has 0 aliphatic carbocycles. The zero-order chi connectivity index (χ0) is 26.3. The van der Waals surface area contributed by atoms with Gasteiger partial charge in [0.25, 0.3) is 5.91 Å². The van der Waals surface area contributed by atoms with Crippen molar-refractivity contribution in [1.82, 2.24) is 9.21 Å². The molecule has 1 heterocycles. The average molecular weight is 519 g/mol. The summed E-state index contributed by atoms with van der Waals surface area (Å²) in [5.74, 6) is 0.408. The highest BCUT2D eigenvalue weighted by Crippen LogP contribution is 2.29. The van der Waals surface area contributed by atoms with Crippen LogP contribution in [0.25, 0.3) is 0 Å². The van der Waals surface area contributed by atoms with Crippen LogP contribution in [-0.4, -0.2) is 76.0 Å². The maximum atomic E-state index is 12.8. The van der Waals surface area contributed by atoms with Crippen molar-refractivity contribution in [2.24, 2.45) is 5.92 Å². The molecule has 0 saturated carbocycles. The van der Waals surface area contributed by atoms with Gasteiger partial charge >= 0.3 is 5.97 Å². The lowest BCUT2D eigenvalue weighted by atomic mass is 10.1. The van der Waals surface area contributed by atoms with Crippen LogP contribution < -0.4 is 9.47 Å². The second-order valence-electron chi connectivity index (χ2n) is 9.07. The van der Waals surface area contributed by atoms with Crippen molar-refractivity contribution in [3.63, 3.8) is 0 Å². The minimum absolute atomic E-state index is 0.172. The summed E-state index contributed by atoms with van der Waals surface area (Å²) in [5, 5.41) is 0. The van der Waals surface area contributed by atoms with Crippen LogP contribution in [0.3, 0.4) is 0 Å². The van der Waals surface area contributed by atoms with Gasteiger partial charge in [-0.2, -0.15) is 4.31 Å². The average Bonchev–Trinajstić information content (AvgIpc) is 2.87. The molecular weight excluding hydrogens is 484 g/mol. The lowest BCUT2D eigenvalue weighted by Crippen LogP contribution is -2.51. The lowest BCUT2D eigenvalue weighted by Gasteiger charge is -2.33. The predicted molar refractivity (Wildman–Crippen MR) is 135 cm³/mol. The summed E-state index contributed by atoms with van der Waals surface area (Å²) < 4.78 is 43.3. The molecule has 9 nitrogen and oxygen atoms in total. The number of esters is 1. The highest BCUT2D eigenvalue weighted by atomic mass is 32.2. The number of rotatable bonds is 10. The number of carbonyl (C=O) groups is 2. The van der Waals surface area contributed by atoms with Gasteiger partial charge in [-0.05, 0) is 49.6 Å². The summed E-state index contributed by atoms with van der Waals surface area (Å²) in [6.45, 7) is 6.99. The predicted octanol–water partition coefficient (Wildman–Crippen LogP) is 3.12. The van der Waals surface area contributed by atoms with Crippen molar-refractivity contribution < 1.29 is 32.2 Å². The number of hydrogen-bond donors (Lipinski definition) is 0. The van der Waals surface area contributed by atoms with Crippen LogP contribution in [0, 0.1) is 12.8 Å². The van der Waals surface area contributed by atoms with E-state index in [4.69, 9.17) is 14.2 Å². The van der Waals surface area contributed by atoms with Crippen molar-refractivity contribution in [1.29, 1.82) is 0 Å². The van der Waals surface area contributed by atoms with E-state index in [2.05, 4.69) is 13.8 Å². The molecule has 0 radical (unpaired) electrons. The molecule has 2 aromatic carbocycles. The molecule has 1 aliphatic rings. The summed E-state index contributed by atoms with van der Waals surface area (Å²) in [6, 6.07) is 11.4. The highest BCUT2D eigenvalue weighted by Gasteiger charge is 2.30. The van der Waals surface area contributed by atoms with Gasteiger partial charge in [0.05, 0.1) is 24.2 Å². The Labute approximate surface area is 213 Å². The smallest absolute Gasteiger partial charge is 0.338 e. The van der Waals surface area contributed by atoms with Gasteiger partial charge in [0, 0.05) is 26.2 Å². The van der Waals surface area contributed by atoms with Gasteiger partial charge in [-0.25, -0.2) is 13.2 Å². The minimum Gasteiger partial charge on any atom is -0.493 e. The first-order valence-corrected chi connectivity index (χ1v) is 13.4. The van der Waals surface area contributed by atoms with Gasteiger partial charge in [0.15, 0.2) is 18.1 Å². The van der Waals surface area contributed by atoms with E-state index < -0.39 is 22.6 Å². The van der Waals surface area contributed by atoms with Gasteiger partial charge in [-0.15, -0.1) is 0 Å². The van der Waals surface area contributed by atoms with E-state index in [-0.39, 0.29) is 42.5 Å². The van der Waals surface area contributed by atoms with Gasteiger partial charge in [-0.3, -0.25) is 4.79 Å². The number of hydrogen-bond acceptors (Lipinski definition) is 7. The molecule has 0 spiro atoms. The normalized spacial score (nSPS) is 14.5. The summed E-state index contributed by atoms with van der Waals surface area (Å²) in [4.78, 5) is 26.8. The summed E-state index contributed by atoms with van der Waals surface area (Å²) in [7, 11) is -2.13. The molecular formula is C26H34N2O7S. The second kappa shape index (κ2) is 12.2. The Morgan fingerprint density at radius 2 is 1.64 bits per heavy atom. The van der Waals surface area contributed by atoms with E-state index >= 15 is 0 Å². The number of aryl methyl sites for hydroxylation is 1. The number of amides is 1. The van der Waals surface area contributed by atoms with Gasteiger partial charge in [0.1, 0.15) is 0 Å². The molecule has 10 heteroatoms. The van der Waals surface area contributed by atoms with Crippen molar-refractivity contribution >= 4 is 21.9 Å². The van der Waals surface area contributed by atoms with Crippen LogP contribution in [0.15, 0.2) is 47.4 Å². The topological polar surface area (TPSA) is 102 Å². The third kappa shape index (κ3) is 6.98. The number of sulfonamides is 1. The molecule has 0 atom stereocenters. The SMILES string of the molecule is COc1cc(C(=O)OCC(=O)N2CCN(S(=O)(=O)c3ccc(C)cc3)CC2)ccc1OCCC(C)C. The van der Waals surface area contributed by atoms with E-state index in [1.807, 2.05) is 6.92 Å². The third-order valence-corrected chi connectivity index (χ3v) is 7.84. The summed E-state index contributed by atoms with van der Waals surface area (Å²) >= 11 is 0. The van der Waals surface area contributed by atoms with E-state index in [1.54, 1.807) is 36.4 Å². The van der Waals surface area contributed by atoms with Crippen molar-refractivity contribution in [2.75, 3.05) is 46.5 Å². The monoisotopic (exact) mass is 518 g/mol. The van der Waals surface area contributed by atoms with Crippen molar-refractivity contribution in [2.45, 2.75) is 32.1 Å². The zero-order valence-corrected chi connectivity index (χ0v) is 22.0. The number of methoxy groups -OCH3 is 1. The van der Waals surface area contributed by atoms with E-state index in [1.165, 1.54) is 22.4 Å². The molecule has 1 fully saturated rings. The van der Waals surface area contributed by atoms with E-state index in [0.29, 0.717) is 24.0 Å². The van der Waals surface area contributed by atoms with Gasteiger partial charge in [-0.1, -0.05) is 31.5 Å². The lowest BCUT2D eigenvalue weighted by molar-refractivity contribution is -0.135. The molecule has 36 heavy (non-hydrogen) atoms. The van der Waals surface area contributed by atoms with Gasteiger partial charge in [0.2, 0.25) is 10.0 Å². The third-order valence-electron chi connectivity index (χ3n) is 5.93. The van der Waals surface area contributed by atoms with Crippen LogP contribution in [0.1, 0.15) is 36.2 Å². The Balaban J connectivity index is 1.51. The largest absolute Gasteiger partial charge is 0.493 e. The zero-order valence-electron chi connectivity index (χ0n) is 21.2. The molecule has 0 aromatic heterocycles. The Morgan fingerprint density at radius 3 is 2.25 bits per heavy atom. The minimum atomic E-state index is -3.62. The number of piperazine rings is 1. The van der Waals surface area contributed by atoms with E-state index in [0.717, 1.165) is 12.0 Å². The number of nitrogens with zero attached hydrogens (tertiary/aromatic N) is 2. The number of benzene rings is 2. The Bertz CT molecular complexity index is 1160. The first-order chi connectivity index (χ1) is 17.1. The number of carbonyl (C=O) groups excluding carboxylic acids is 2. The summed E-state index contributed by atoms with van der Waals surface area (Å²) in [6.07, 6.45) is 0.890. The van der Waals surface area contributed by atoms with Crippen LogP contribution in [0.2, 0.25) is 0 Å². The molecule has 2 aromatic rings. The molecule has 0 N–H and O–H groups in total. The van der Waals surface area contributed by atoms with Crippen molar-refractivity contribution in [3.05, 3.63) is 53.6 Å². The Hall–Kier alpha value is -3.11. The van der Waals surface area contributed by atoms with E-state index in [9.17, 15) is 18.0 Å². The van der Waals surface area contributed by atoms with Crippen LogP contribution in [0.4, 0.5) is 0 Å². The fourth-order valence-electron chi connectivity index (χ4n) is 3.66. The van der Waals surface area contributed by atoms with Crippen molar-refractivity contribution in [3.8, 4) is 11.5 Å². The Kier molecular flexibility index (Phi) is 9.33. The molecule has 196 valence electrons. The van der Waals surface area contributed by atoms with Crippen LogP contribution in [0.5, 0.6) is 11.5 Å². The fourth-order valence-corrected chi connectivity index (χ4v) is 5.08. The maximum absolute atomic E-state index is 12.8. The standard InChI is InChI=1S/C26H34N2O7S/c1-19(2)11-16-34-23-10-7-21(17-24(23)33-4)26(30)35-18-25(29)27-12-14-28(15-13-27)36(31,32)22-8-5-20(3)6-9-22/h5-10,17,19H,11-16,18H2,1-4H3. The Morgan fingerprint density at radius 1 is 0.972 bits per heavy atom.